The molecule has 2 atom stereocenters. The van der Waals surface area contributed by atoms with Crippen LogP contribution < -0.4 is 10.6 Å². The van der Waals surface area contributed by atoms with E-state index in [4.69, 9.17) is 11.6 Å². The lowest BCUT2D eigenvalue weighted by molar-refractivity contribution is 0.102. The molecule has 0 fully saturated rings. The van der Waals surface area contributed by atoms with Gasteiger partial charge in [0.05, 0.1) is 28.0 Å². The van der Waals surface area contributed by atoms with Crippen molar-refractivity contribution in [3.8, 4) is 11.4 Å². The van der Waals surface area contributed by atoms with Gasteiger partial charge in [-0.05, 0) is 48.9 Å². The summed E-state index contributed by atoms with van der Waals surface area (Å²) in [6.07, 6.45) is 3.46. The molecule has 4 heterocycles. The van der Waals surface area contributed by atoms with E-state index in [1.54, 1.807) is 36.3 Å². The van der Waals surface area contributed by atoms with Crippen LogP contribution in [0, 0.1) is 6.92 Å². The number of nitrogens with one attached hydrogen (secondary N) is 3. The van der Waals surface area contributed by atoms with E-state index in [1.807, 2.05) is 43.3 Å². The minimum Gasteiger partial charge on any atom is -0.367 e. The minimum absolute atomic E-state index is 0.0825. The average Bonchev–Trinajstić information content (AvgIpc) is 3.20. The molecule has 4 aromatic rings. The fraction of sp³-hybridized carbons (Fsp3) is 0.200. The van der Waals surface area contributed by atoms with E-state index in [0.717, 1.165) is 40.6 Å². The van der Waals surface area contributed by atoms with Crippen LogP contribution in [0.25, 0.3) is 11.4 Å². The Morgan fingerprint density at radius 1 is 1.15 bits per heavy atom. The van der Waals surface area contributed by atoms with Gasteiger partial charge < -0.3 is 10.6 Å². The molecule has 0 saturated carbocycles. The average molecular weight is 491 g/mol. The highest BCUT2D eigenvalue weighted by Gasteiger charge is 2.31. The van der Waals surface area contributed by atoms with E-state index in [-0.39, 0.29) is 11.2 Å². The number of fused-ring (bicyclic) bond motifs is 1. The molecule has 0 bridgehead atoms. The molecule has 0 spiro atoms. The number of anilines is 2. The molecule has 0 radical (unpaired) electrons. The maximum atomic E-state index is 12.9. The number of hydrogen-bond acceptors (Lipinski definition) is 6. The fourth-order valence-electron chi connectivity index (χ4n) is 3.96. The van der Waals surface area contributed by atoms with Gasteiger partial charge in [0.2, 0.25) is 0 Å². The predicted molar refractivity (Wildman–Crippen MR) is 138 cm³/mol. The molecule has 7 nitrogen and oxygen atoms in total. The van der Waals surface area contributed by atoms with Crippen molar-refractivity contribution in [1.82, 2.24) is 20.2 Å². The number of aryl methyl sites for hydroxylation is 1. The van der Waals surface area contributed by atoms with Crippen LogP contribution in [0.15, 0.2) is 60.9 Å². The first-order valence-electron chi connectivity index (χ1n) is 10.9. The van der Waals surface area contributed by atoms with E-state index in [2.05, 4.69) is 37.7 Å². The number of halogens is 1. The summed E-state index contributed by atoms with van der Waals surface area (Å²) >= 11 is 8.61. The lowest BCUT2D eigenvalue weighted by Crippen LogP contribution is -2.14. The number of carbonyl (C=O) groups excluding carboxylic acids is 1. The zero-order chi connectivity index (χ0) is 23.7. The highest BCUT2D eigenvalue weighted by atomic mass is 35.5. The molecule has 0 aliphatic carbocycles. The second-order valence-electron chi connectivity index (χ2n) is 8.11. The van der Waals surface area contributed by atoms with E-state index < -0.39 is 0 Å². The van der Waals surface area contributed by atoms with E-state index >= 15 is 0 Å². The molecule has 1 aromatic carbocycles. The molecular weight excluding hydrogens is 468 g/mol. The number of pyridine rings is 2. The van der Waals surface area contributed by atoms with Gasteiger partial charge in [-0.15, -0.1) is 11.8 Å². The second-order valence-corrected chi connectivity index (χ2v) is 10.1. The number of aromatic amines is 1. The topological polar surface area (TPSA) is 95.6 Å². The van der Waals surface area contributed by atoms with Gasteiger partial charge >= 0.3 is 0 Å². The van der Waals surface area contributed by atoms with Crippen LogP contribution in [0.3, 0.4) is 0 Å². The summed E-state index contributed by atoms with van der Waals surface area (Å²) in [6.45, 7) is 4.81. The number of carbonyl (C=O) groups is 1. The molecule has 5 rings (SSSR count). The Hall–Kier alpha value is -3.36. The highest BCUT2D eigenvalue weighted by molar-refractivity contribution is 8.00. The molecule has 9 heteroatoms. The molecular formula is C25H23ClN6OS. The second kappa shape index (κ2) is 9.48. The van der Waals surface area contributed by atoms with Crippen molar-refractivity contribution >= 4 is 40.8 Å². The van der Waals surface area contributed by atoms with Gasteiger partial charge in [0, 0.05) is 40.3 Å². The molecule has 1 aliphatic heterocycles. The number of H-pyrrole nitrogens is 1. The lowest BCUT2D eigenvalue weighted by Gasteiger charge is -2.20. The van der Waals surface area contributed by atoms with Gasteiger partial charge in [-0.3, -0.25) is 19.9 Å². The summed E-state index contributed by atoms with van der Waals surface area (Å²) in [5, 5.41) is 14.8. The number of benzene rings is 1. The quantitative estimate of drug-likeness (QED) is 0.338. The van der Waals surface area contributed by atoms with Crippen molar-refractivity contribution < 1.29 is 4.79 Å². The number of thioether (sulfide) groups is 1. The van der Waals surface area contributed by atoms with Crippen LogP contribution in [-0.2, 0) is 0 Å². The first kappa shape index (κ1) is 22.4. The van der Waals surface area contributed by atoms with Gasteiger partial charge in [-0.2, -0.15) is 5.10 Å². The highest BCUT2D eigenvalue weighted by Crippen LogP contribution is 2.48. The first-order chi connectivity index (χ1) is 16.5. The van der Waals surface area contributed by atoms with Crippen LogP contribution in [0.5, 0.6) is 0 Å². The number of hydrogen-bond donors (Lipinski definition) is 3. The Morgan fingerprint density at radius 3 is 2.76 bits per heavy atom. The Balaban J connectivity index is 1.51. The number of aromatic nitrogens is 4. The van der Waals surface area contributed by atoms with E-state index in [1.165, 1.54) is 0 Å². The molecule has 3 N–H and O–H groups in total. The largest absolute Gasteiger partial charge is 0.367 e. The Morgan fingerprint density at radius 2 is 2.00 bits per heavy atom. The van der Waals surface area contributed by atoms with Crippen LogP contribution in [0.4, 0.5) is 11.5 Å². The van der Waals surface area contributed by atoms with Crippen molar-refractivity contribution in [2.45, 2.75) is 24.3 Å². The van der Waals surface area contributed by atoms with Crippen LogP contribution in [0.1, 0.15) is 39.4 Å². The third kappa shape index (κ3) is 4.38. The number of amides is 1. The smallest absolute Gasteiger partial charge is 0.255 e. The van der Waals surface area contributed by atoms with Crippen molar-refractivity contribution in [3.63, 3.8) is 0 Å². The normalized spacial score (nSPS) is 17.4. The van der Waals surface area contributed by atoms with Gasteiger partial charge in [-0.25, -0.2) is 0 Å². The van der Waals surface area contributed by atoms with Crippen molar-refractivity contribution in [1.29, 1.82) is 0 Å². The molecule has 1 aliphatic rings. The third-order valence-corrected chi connectivity index (χ3v) is 7.43. The molecule has 3 aromatic heterocycles. The third-order valence-electron chi connectivity index (χ3n) is 5.71. The summed E-state index contributed by atoms with van der Waals surface area (Å²) in [7, 11) is 0. The van der Waals surface area contributed by atoms with Gasteiger partial charge in [-0.1, -0.05) is 30.7 Å². The molecule has 172 valence electrons. The summed E-state index contributed by atoms with van der Waals surface area (Å²) in [5.41, 5.74) is 5.53. The molecule has 1 unspecified atom stereocenters. The van der Waals surface area contributed by atoms with Crippen LogP contribution in [0.2, 0.25) is 5.02 Å². The zero-order valence-electron chi connectivity index (χ0n) is 18.7. The van der Waals surface area contributed by atoms with Crippen molar-refractivity contribution in [3.05, 3.63) is 88.3 Å². The Bertz CT molecular complexity index is 1340. The summed E-state index contributed by atoms with van der Waals surface area (Å²) in [6, 6.07) is 14.9. The van der Waals surface area contributed by atoms with Gasteiger partial charge in [0.25, 0.3) is 5.91 Å². The molecule has 1 amide bonds. The van der Waals surface area contributed by atoms with Crippen LogP contribution >= 0.6 is 23.4 Å². The maximum absolute atomic E-state index is 12.9. The Kier molecular flexibility index (Phi) is 6.26. The summed E-state index contributed by atoms with van der Waals surface area (Å²) in [5.74, 6) is 0.568. The zero-order valence-corrected chi connectivity index (χ0v) is 20.2. The standard InChI is InChI=1S/C25H23ClN6OS/c1-14-13-29-24-21(22(31-32-24)20-6-3-4-10-28-20)23(34-14)17-9-8-16(12-18(17)26)25(33)30-19-7-5-11-27-15(19)2/h3-12,14,23H,13H2,1-2H3,(H,30,33)(H2,29,31,32)/t14-,23?/m0/s1. The predicted octanol–water partition coefficient (Wildman–Crippen LogP) is 5.72. The van der Waals surface area contributed by atoms with E-state index in [0.29, 0.717) is 21.5 Å². The number of nitrogens with zero attached hydrogens (tertiary/aromatic N) is 3. The lowest BCUT2D eigenvalue weighted by atomic mass is 10.0. The monoisotopic (exact) mass is 490 g/mol. The van der Waals surface area contributed by atoms with Crippen molar-refractivity contribution in [2.24, 2.45) is 0 Å². The summed E-state index contributed by atoms with van der Waals surface area (Å²) in [4.78, 5) is 21.6. The van der Waals surface area contributed by atoms with Gasteiger partial charge in [0.15, 0.2) is 5.82 Å². The fourth-order valence-corrected chi connectivity index (χ4v) is 5.67. The van der Waals surface area contributed by atoms with Crippen LogP contribution in [-0.4, -0.2) is 37.9 Å². The maximum Gasteiger partial charge on any atom is 0.255 e. The summed E-state index contributed by atoms with van der Waals surface area (Å²) < 4.78 is 0. The number of rotatable bonds is 4. The Labute approximate surface area is 206 Å². The minimum atomic E-state index is -0.230. The molecule has 0 saturated heterocycles. The first-order valence-corrected chi connectivity index (χ1v) is 12.2. The SMILES string of the molecule is Cc1ncccc1NC(=O)c1ccc(C2S[C@@H](C)CNc3n[nH]c(-c4ccccn4)c32)c(Cl)c1. The van der Waals surface area contributed by atoms with Crippen molar-refractivity contribution in [2.75, 3.05) is 17.2 Å². The van der Waals surface area contributed by atoms with E-state index in [9.17, 15) is 4.79 Å². The van der Waals surface area contributed by atoms with Gasteiger partial charge in [0.1, 0.15) is 0 Å². The molecule has 34 heavy (non-hydrogen) atoms.